The molecule has 2 aromatic carbocycles. The monoisotopic (exact) mass is 577 g/mol. The maximum Gasteiger partial charge on any atom is 0.248 e. The number of fused-ring (bicyclic) bond motifs is 1. The molecule has 2 saturated heterocycles. The maximum absolute atomic E-state index is 14.3. The van der Waals surface area contributed by atoms with Crippen molar-refractivity contribution in [2.45, 2.75) is 50.7 Å². The van der Waals surface area contributed by atoms with E-state index in [1.807, 2.05) is 23.1 Å². The number of benzene rings is 2. The first kappa shape index (κ1) is 29.2. The Labute approximate surface area is 245 Å². The lowest BCUT2D eigenvalue weighted by molar-refractivity contribution is -0.141. The summed E-state index contributed by atoms with van der Waals surface area (Å²) in [5, 5.41) is 6.98. The van der Waals surface area contributed by atoms with Gasteiger partial charge in [-0.2, -0.15) is 0 Å². The Bertz CT molecular complexity index is 1370. The molecular weight excluding hydrogens is 538 g/mol. The molecule has 3 atom stereocenters. The number of aromatic nitrogens is 1. The highest BCUT2D eigenvalue weighted by Gasteiger charge is 2.41. The van der Waals surface area contributed by atoms with Crippen molar-refractivity contribution in [1.29, 1.82) is 0 Å². The van der Waals surface area contributed by atoms with E-state index in [1.54, 1.807) is 30.2 Å². The van der Waals surface area contributed by atoms with E-state index < -0.39 is 12.1 Å². The number of para-hydroxylation sites is 1. The quantitative estimate of drug-likeness (QED) is 0.403. The van der Waals surface area contributed by atoms with Gasteiger partial charge in [-0.05, 0) is 57.2 Å². The van der Waals surface area contributed by atoms with Crippen molar-refractivity contribution in [2.75, 3.05) is 40.4 Å². The molecule has 10 heteroatoms. The van der Waals surface area contributed by atoms with Crippen LogP contribution in [0.1, 0.15) is 43.7 Å². The molecule has 3 aromatic rings. The number of nitrogens with one attached hydrogen (secondary N) is 2. The van der Waals surface area contributed by atoms with Crippen LogP contribution in [0.4, 0.5) is 0 Å². The molecule has 0 radical (unpaired) electrons. The van der Waals surface area contributed by atoms with Crippen molar-refractivity contribution >= 4 is 39.3 Å². The number of ether oxygens (including phenoxy) is 1. The molecule has 3 heterocycles. The number of likely N-dealkylation sites (tertiary alicyclic amines) is 2. The normalized spacial score (nSPS) is 19.3. The highest BCUT2D eigenvalue weighted by Crippen LogP contribution is 2.40. The number of methoxy groups -OCH3 is 1. The Kier molecular flexibility index (Phi) is 9.32. The van der Waals surface area contributed by atoms with Gasteiger partial charge in [0.1, 0.15) is 17.7 Å². The van der Waals surface area contributed by atoms with Crippen LogP contribution < -0.4 is 10.6 Å². The minimum absolute atomic E-state index is 0.0487. The van der Waals surface area contributed by atoms with Crippen molar-refractivity contribution in [3.63, 3.8) is 0 Å². The summed E-state index contributed by atoms with van der Waals surface area (Å²) in [6.45, 7) is 3.54. The van der Waals surface area contributed by atoms with Crippen LogP contribution in [-0.2, 0) is 19.1 Å². The van der Waals surface area contributed by atoms with E-state index in [9.17, 15) is 14.4 Å². The van der Waals surface area contributed by atoms with Gasteiger partial charge in [0.15, 0.2) is 0 Å². The summed E-state index contributed by atoms with van der Waals surface area (Å²) in [5.41, 5.74) is 3.16. The van der Waals surface area contributed by atoms with Gasteiger partial charge in [0.2, 0.25) is 17.7 Å². The summed E-state index contributed by atoms with van der Waals surface area (Å²) in [5.74, 6) is -0.379. The van der Waals surface area contributed by atoms with Gasteiger partial charge in [0.05, 0.1) is 22.3 Å². The van der Waals surface area contributed by atoms with Crippen LogP contribution in [-0.4, -0.2) is 85.0 Å². The number of piperidine rings is 1. The number of amides is 3. The largest absolute Gasteiger partial charge is 0.375 e. The number of rotatable bonds is 9. The molecule has 2 aliphatic rings. The molecule has 5 rings (SSSR count). The summed E-state index contributed by atoms with van der Waals surface area (Å²) < 4.78 is 6.11. The predicted octanol–water partition coefficient (Wildman–Crippen LogP) is 3.60. The van der Waals surface area contributed by atoms with Crippen molar-refractivity contribution in [3.8, 4) is 11.1 Å². The van der Waals surface area contributed by atoms with E-state index in [2.05, 4.69) is 41.0 Å². The summed E-state index contributed by atoms with van der Waals surface area (Å²) in [6, 6.07) is 15.3. The van der Waals surface area contributed by atoms with Gasteiger partial charge in [0, 0.05) is 32.3 Å². The molecule has 3 amide bonds. The topological polar surface area (TPSA) is 104 Å². The second kappa shape index (κ2) is 13.1. The number of carbonyl (C=O) groups is 3. The maximum atomic E-state index is 14.3. The van der Waals surface area contributed by atoms with E-state index in [0.29, 0.717) is 32.5 Å². The van der Waals surface area contributed by atoms with E-state index >= 15 is 0 Å². The third-order valence-corrected chi connectivity index (χ3v) is 9.48. The predicted molar refractivity (Wildman–Crippen MR) is 160 cm³/mol. The average Bonchev–Trinajstić information content (AvgIpc) is 3.67. The lowest BCUT2D eigenvalue weighted by Gasteiger charge is -2.38. The smallest absolute Gasteiger partial charge is 0.248 e. The fourth-order valence-corrected chi connectivity index (χ4v) is 7.05. The molecule has 0 bridgehead atoms. The van der Waals surface area contributed by atoms with Crippen LogP contribution in [0.3, 0.4) is 0 Å². The second-order valence-electron chi connectivity index (χ2n) is 10.9. The van der Waals surface area contributed by atoms with Gasteiger partial charge in [0.25, 0.3) is 0 Å². The molecule has 41 heavy (non-hydrogen) atoms. The van der Waals surface area contributed by atoms with Crippen molar-refractivity contribution in [2.24, 2.45) is 5.92 Å². The average molecular weight is 578 g/mol. The van der Waals surface area contributed by atoms with Crippen molar-refractivity contribution < 1.29 is 19.1 Å². The van der Waals surface area contributed by atoms with Gasteiger partial charge >= 0.3 is 0 Å². The molecule has 218 valence electrons. The highest BCUT2D eigenvalue weighted by molar-refractivity contribution is 7.18. The third kappa shape index (κ3) is 6.29. The fourth-order valence-electron chi connectivity index (χ4n) is 5.91. The van der Waals surface area contributed by atoms with Crippen molar-refractivity contribution in [1.82, 2.24) is 25.4 Å². The van der Waals surface area contributed by atoms with E-state index in [-0.39, 0.29) is 36.3 Å². The van der Waals surface area contributed by atoms with Gasteiger partial charge < -0.3 is 25.2 Å². The summed E-state index contributed by atoms with van der Waals surface area (Å²) in [6.07, 6.45) is 3.00. The molecule has 0 saturated carbocycles. The highest BCUT2D eigenvalue weighted by atomic mass is 32.1. The molecular formula is C31H39N5O4S. The fraction of sp³-hybridized carbons (Fsp3) is 0.484. The molecule has 2 fully saturated rings. The molecule has 0 spiro atoms. The number of thiazole rings is 1. The lowest BCUT2D eigenvalue weighted by atomic mass is 9.88. The Morgan fingerprint density at radius 1 is 1.05 bits per heavy atom. The SMILES string of the molecule is CN[C@@H](C)C(=O)N[C@H](C(=O)N1CCC[C@H]1c1nc2c(-c3ccccc3)cccc2s1)C1CCN(C(=O)COC)CC1. The number of hydrogen-bond acceptors (Lipinski definition) is 7. The summed E-state index contributed by atoms with van der Waals surface area (Å²) in [4.78, 5) is 48.4. The molecule has 2 aliphatic heterocycles. The second-order valence-corrected chi connectivity index (χ2v) is 12.0. The first-order valence-corrected chi connectivity index (χ1v) is 15.2. The number of hydrogen-bond donors (Lipinski definition) is 2. The Hall–Kier alpha value is -3.34. The summed E-state index contributed by atoms with van der Waals surface area (Å²) >= 11 is 1.64. The minimum Gasteiger partial charge on any atom is -0.375 e. The molecule has 0 aliphatic carbocycles. The summed E-state index contributed by atoms with van der Waals surface area (Å²) in [7, 11) is 3.24. The first-order valence-electron chi connectivity index (χ1n) is 14.4. The van der Waals surface area contributed by atoms with Crippen LogP contribution in [0.2, 0.25) is 0 Å². The number of likely N-dealkylation sites (N-methyl/N-ethyl adjacent to an activating group) is 1. The molecule has 1 aromatic heterocycles. The van der Waals surface area contributed by atoms with E-state index in [4.69, 9.17) is 9.72 Å². The Morgan fingerprint density at radius 3 is 2.51 bits per heavy atom. The van der Waals surface area contributed by atoms with Crippen LogP contribution in [0.25, 0.3) is 21.3 Å². The lowest BCUT2D eigenvalue weighted by Crippen LogP contribution is -2.57. The minimum atomic E-state index is -0.659. The molecule has 0 unspecified atom stereocenters. The zero-order valence-electron chi connectivity index (χ0n) is 24.0. The van der Waals surface area contributed by atoms with E-state index in [1.165, 1.54) is 7.11 Å². The Morgan fingerprint density at radius 2 is 1.80 bits per heavy atom. The van der Waals surface area contributed by atoms with Crippen LogP contribution in [0, 0.1) is 5.92 Å². The Balaban J connectivity index is 1.39. The van der Waals surface area contributed by atoms with Gasteiger partial charge in [-0.25, -0.2) is 4.98 Å². The van der Waals surface area contributed by atoms with Gasteiger partial charge in [-0.3, -0.25) is 14.4 Å². The van der Waals surface area contributed by atoms with E-state index in [0.717, 1.165) is 39.2 Å². The third-order valence-electron chi connectivity index (χ3n) is 8.36. The van der Waals surface area contributed by atoms with Gasteiger partial charge in [-0.15, -0.1) is 11.3 Å². The van der Waals surface area contributed by atoms with Gasteiger partial charge in [-0.1, -0.05) is 42.5 Å². The van der Waals surface area contributed by atoms with Crippen LogP contribution >= 0.6 is 11.3 Å². The molecule has 2 N–H and O–H groups in total. The zero-order chi connectivity index (χ0) is 28.9. The molecule has 9 nitrogen and oxygen atoms in total. The zero-order valence-corrected chi connectivity index (χ0v) is 24.8. The van der Waals surface area contributed by atoms with Crippen LogP contribution in [0.15, 0.2) is 48.5 Å². The standard InChI is InChI=1S/C31H39N5O4S/c1-20(32-2)29(38)33-27(22-14-17-35(18-15-22)26(37)19-40-3)31(39)36-16-8-12-24(36)30-34-28-23(11-7-13-25(28)41-30)21-9-5-4-6-10-21/h4-7,9-11,13,20,22,24,27,32H,8,12,14-19H2,1-3H3,(H,33,38)/t20-,24-,27-/m0/s1. The van der Waals surface area contributed by atoms with Crippen LogP contribution in [0.5, 0.6) is 0 Å². The van der Waals surface area contributed by atoms with Crippen molar-refractivity contribution in [3.05, 3.63) is 53.5 Å². The number of nitrogens with zero attached hydrogens (tertiary/aromatic N) is 3. The first-order chi connectivity index (χ1) is 19.9. The number of carbonyl (C=O) groups excluding carboxylic acids is 3.